The highest BCUT2D eigenvalue weighted by Crippen LogP contribution is 2.23. The van der Waals surface area contributed by atoms with Crippen LogP contribution >= 0.6 is 0 Å². The fraction of sp³-hybridized carbons (Fsp3) is 0.200. The van der Waals surface area contributed by atoms with Crippen LogP contribution in [0.1, 0.15) is 17.2 Å². The first-order valence-electron chi connectivity index (χ1n) is 10.0. The summed E-state index contributed by atoms with van der Waals surface area (Å²) >= 11 is 0. The zero-order valence-corrected chi connectivity index (χ0v) is 18.0. The monoisotopic (exact) mass is 417 g/mol. The number of rotatable bonds is 8. The minimum atomic E-state index is -0.642. The van der Waals surface area contributed by atoms with E-state index in [1.165, 1.54) is 0 Å². The summed E-state index contributed by atoms with van der Waals surface area (Å²) in [5.74, 6) is 0.228. The van der Waals surface area contributed by atoms with Crippen molar-refractivity contribution in [1.29, 1.82) is 0 Å². The van der Waals surface area contributed by atoms with E-state index >= 15 is 0 Å². The highest BCUT2D eigenvalue weighted by atomic mass is 16.5. The Hall–Kier alpha value is -3.64. The van der Waals surface area contributed by atoms with Gasteiger partial charge in [-0.1, -0.05) is 54.1 Å². The van der Waals surface area contributed by atoms with E-state index in [-0.39, 0.29) is 18.4 Å². The molecule has 3 rings (SSSR count). The second-order valence-corrected chi connectivity index (χ2v) is 7.36. The summed E-state index contributed by atoms with van der Waals surface area (Å²) in [7, 11) is 3.34. The van der Waals surface area contributed by atoms with Crippen LogP contribution in [0.5, 0.6) is 5.75 Å². The molecule has 6 heteroatoms. The maximum absolute atomic E-state index is 13.2. The van der Waals surface area contributed by atoms with Crippen molar-refractivity contribution in [2.75, 3.05) is 31.3 Å². The third-order valence-electron chi connectivity index (χ3n) is 4.87. The summed E-state index contributed by atoms with van der Waals surface area (Å²) < 4.78 is 5.23. The van der Waals surface area contributed by atoms with Crippen molar-refractivity contribution in [2.45, 2.75) is 13.0 Å². The van der Waals surface area contributed by atoms with Crippen molar-refractivity contribution >= 4 is 23.2 Å². The number of aryl methyl sites for hydroxylation is 1. The SMILES string of the molecule is COc1cccc(NC(=O)C(c2ccccc2)N(C)CC(=O)Nc2ccc(C)cc2)c1. The molecule has 0 aliphatic rings. The molecule has 0 radical (unpaired) electrons. The Morgan fingerprint density at radius 3 is 2.29 bits per heavy atom. The van der Waals surface area contributed by atoms with Gasteiger partial charge in [0.05, 0.1) is 13.7 Å². The lowest BCUT2D eigenvalue weighted by Crippen LogP contribution is -2.39. The number of carbonyl (C=O) groups is 2. The van der Waals surface area contributed by atoms with E-state index in [0.717, 1.165) is 16.8 Å². The zero-order valence-electron chi connectivity index (χ0n) is 18.0. The van der Waals surface area contributed by atoms with Gasteiger partial charge in [0.25, 0.3) is 0 Å². The van der Waals surface area contributed by atoms with Gasteiger partial charge in [-0.2, -0.15) is 0 Å². The lowest BCUT2D eigenvalue weighted by atomic mass is 10.0. The third kappa shape index (κ3) is 6.17. The van der Waals surface area contributed by atoms with Gasteiger partial charge in [0, 0.05) is 17.4 Å². The largest absolute Gasteiger partial charge is 0.497 e. The predicted octanol–water partition coefficient (Wildman–Crippen LogP) is 4.25. The van der Waals surface area contributed by atoms with E-state index in [2.05, 4.69) is 10.6 Å². The number of ether oxygens (including phenoxy) is 1. The Labute approximate surface area is 182 Å². The number of likely N-dealkylation sites (N-methyl/N-ethyl adjacent to an activating group) is 1. The van der Waals surface area contributed by atoms with E-state index < -0.39 is 6.04 Å². The van der Waals surface area contributed by atoms with Crippen LogP contribution in [-0.2, 0) is 9.59 Å². The molecule has 6 nitrogen and oxygen atoms in total. The fourth-order valence-electron chi connectivity index (χ4n) is 3.31. The topological polar surface area (TPSA) is 70.7 Å². The van der Waals surface area contributed by atoms with Crippen molar-refractivity contribution in [1.82, 2.24) is 4.90 Å². The molecule has 0 heterocycles. The number of benzene rings is 3. The molecule has 2 amide bonds. The molecule has 0 aliphatic heterocycles. The van der Waals surface area contributed by atoms with Gasteiger partial charge >= 0.3 is 0 Å². The van der Waals surface area contributed by atoms with Crippen LogP contribution in [0.25, 0.3) is 0 Å². The molecule has 2 N–H and O–H groups in total. The molecule has 3 aromatic carbocycles. The summed E-state index contributed by atoms with van der Waals surface area (Å²) in [6.45, 7) is 2.05. The molecule has 31 heavy (non-hydrogen) atoms. The summed E-state index contributed by atoms with van der Waals surface area (Å²) in [6, 6.07) is 23.5. The number of carbonyl (C=O) groups excluding carboxylic acids is 2. The predicted molar refractivity (Wildman–Crippen MR) is 123 cm³/mol. The highest BCUT2D eigenvalue weighted by molar-refractivity contribution is 5.97. The summed E-state index contributed by atoms with van der Waals surface area (Å²) in [6.07, 6.45) is 0. The molecular weight excluding hydrogens is 390 g/mol. The molecule has 160 valence electrons. The molecule has 0 bridgehead atoms. The number of amides is 2. The summed E-state index contributed by atoms with van der Waals surface area (Å²) in [5, 5.41) is 5.81. The second kappa shape index (κ2) is 10.4. The highest BCUT2D eigenvalue weighted by Gasteiger charge is 2.26. The van der Waals surface area contributed by atoms with Gasteiger partial charge in [0.2, 0.25) is 11.8 Å². The maximum Gasteiger partial charge on any atom is 0.246 e. The summed E-state index contributed by atoms with van der Waals surface area (Å²) in [4.78, 5) is 27.5. The number of methoxy groups -OCH3 is 1. The number of anilines is 2. The lowest BCUT2D eigenvalue weighted by molar-refractivity contribution is -0.123. The Morgan fingerprint density at radius 2 is 1.61 bits per heavy atom. The van der Waals surface area contributed by atoms with Gasteiger partial charge in [-0.3, -0.25) is 14.5 Å². The van der Waals surface area contributed by atoms with Crippen LogP contribution in [0, 0.1) is 6.92 Å². The van der Waals surface area contributed by atoms with Gasteiger partial charge < -0.3 is 15.4 Å². The zero-order chi connectivity index (χ0) is 22.2. The molecule has 0 saturated carbocycles. The van der Waals surface area contributed by atoms with Crippen molar-refractivity contribution in [3.63, 3.8) is 0 Å². The van der Waals surface area contributed by atoms with Crippen molar-refractivity contribution in [2.24, 2.45) is 0 Å². The standard InChI is InChI=1S/C25H27N3O3/c1-18-12-14-20(15-13-18)26-23(29)17-28(2)24(19-8-5-4-6-9-19)25(30)27-21-10-7-11-22(16-21)31-3/h4-16,24H,17H2,1-3H3,(H,26,29)(H,27,30). The van der Waals surface area contributed by atoms with E-state index in [9.17, 15) is 9.59 Å². The van der Waals surface area contributed by atoms with Gasteiger partial charge in [-0.25, -0.2) is 0 Å². The molecule has 0 aromatic heterocycles. The van der Waals surface area contributed by atoms with Gasteiger partial charge in [-0.15, -0.1) is 0 Å². The quantitative estimate of drug-likeness (QED) is 0.575. The summed E-state index contributed by atoms with van der Waals surface area (Å²) in [5.41, 5.74) is 3.27. The first-order valence-corrected chi connectivity index (χ1v) is 10.0. The second-order valence-electron chi connectivity index (χ2n) is 7.36. The van der Waals surface area contributed by atoms with E-state index in [1.54, 1.807) is 31.2 Å². The number of hydrogen-bond acceptors (Lipinski definition) is 4. The molecular formula is C25H27N3O3. The fourth-order valence-corrected chi connectivity index (χ4v) is 3.31. The molecule has 0 saturated heterocycles. The van der Waals surface area contributed by atoms with E-state index in [4.69, 9.17) is 4.74 Å². The average molecular weight is 418 g/mol. The molecule has 0 fully saturated rings. The Bertz CT molecular complexity index is 1020. The van der Waals surface area contributed by atoms with Crippen molar-refractivity contribution in [3.05, 3.63) is 90.0 Å². The van der Waals surface area contributed by atoms with Crippen LogP contribution < -0.4 is 15.4 Å². The Morgan fingerprint density at radius 1 is 0.903 bits per heavy atom. The smallest absolute Gasteiger partial charge is 0.246 e. The number of nitrogens with one attached hydrogen (secondary N) is 2. The molecule has 0 spiro atoms. The first kappa shape index (κ1) is 22.1. The van der Waals surface area contributed by atoms with Crippen LogP contribution in [0.3, 0.4) is 0 Å². The third-order valence-corrected chi connectivity index (χ3v) is 4.87. The van der Waals surface area contributed by atoms with Gasteiger partial charge in [0.15, 0.2) is 0 Å². The Kier molecular flexibility index (Phi) is 7.40. The van der Waals surface area contributed by atoms with Crippen molar-refractivity contribution in [3.8, 4) is 5.75 Å². The molecule has 1 atom stereocenters. The van der Waals surface area contributed by atoms with Crippen LogP contribution in [0.4, 0.5) is 11.4 Å². The molecule has 1 unspecified atom stereocenters. The molecule has 0 aliphatic carbocycles. The van der Waals surface area contributed by atoms with Gasteiger partial charge in [0.1, 0.15) is 11.8 Å². The van der Waals surface area contributed by atoms with E-state index in [1.807, 2.05) is 73.7 Å². The average Bonchev–Trinajstić information content (AvgIpc) is 2.76. The van der Waals surface area contributed by atoms with Crippen LogP contribution in [0.15, 0.2) is 78.9 Å². The Balaban J connectivity index is 1.75. The lowest BCUT2D eigenvalue weighted by Gasteiger charge is -2.27. The maximum atomic E-state index is 13.2. The van der Waals surface area contributed by atoms with Crippen molar-refractivity contribution < 1.29 is 14.3 Å². The van der Waals surface area contributed by atoms with E-state index in [0.29, 0.717) is 11.4 Å². The van der Waals surface area contributed by atoms with Crippen LogP contribution in [0.2, 0.25) is 0 Å². The molecule has 3 aromatic rings. The van der Waals surface area contributed by atoms with Crippen LogP contribution in [-0.4, -0.2) is 37.4 Å². The minimum absolute atomic E-state index is 0.0545. The van der Waals surface area contributed by atoms with Gasteiger partial charge in [-0.05, 0) is 43.8 Å². The first-order chi connectivity index (χ1) is 15.0. The number of nitrogens with zero attached hydrogens (tertiary/aromatic N) is 1. The minimum Gasteiger partial charge on any atom is -0.497 e. The normalized spacial score (nSPS) is 11.6. The number of hydrogen-bond donors (Lipinski definition) is 2.